The molecule has 4 heteroatoms. The first kappa shape index (κ1) is 12.9. The molecule has 2 heterocycles. The lowest BCUT2D eigenvalue weighted by atomic mass is 9.97. The molecule has 0 aliphatic carbocycles. The van der Waals surface area contributed by atoms with E-state index in [0.29, 0.717) is 12.1 Å². The quantitative estimate of drug-likeness (QED) is 0.858. The molecule has 104 valence electrons. The van der Waals surface area contributed by atoms with Gasteiger partial charge in [0.05, 0.1) is 7.11 Å². The number of piperazine rings is 2. The third-order valence-electron chi connectivity index (χ3n) is 4.30. The van der Waals surface area contributed by atoms with Crippen molar-refractivity contribution >= 4 is 0 Å². The summed E-state index contributed by atoms with van der Waals surface area (Å²) in [5.74, 6) is 0.935. The molecule has 0 saturated carbocycles. The first-order valence-corrected chi connectivity index (χ1v) is 7.07. The second-order valence-electron chi connectivity index (χ2n) is 5.61. The monoisotopic (exact) mass is 261 g/mol. The van der Waals surface area contributed by atoms with Crippen LogP contribution in [0.25, 0.3) is 0 Å². The van der Waals surface area contributed by atoms with E-state index in [1.165, 1.54) is 12.1 Å². The van der Waals surface area contributed by atoms with Crippen LogP contribution < -0.4 is 10.1 Å². The van der Waals surface area contributed by atoms with Crippen LogP contribution >= 0.6 is 0 Å². The van der Waals surface area contributed by atoms with E-state index in [1.807, 2.05) is 0 Å². The van der Waals surface area contributed by atoms with E-state index < -0.39 is 0 Å². The van der Waals surface area contributed by atoms with Gasteiger partial charge in [0.15, 0.2) is 0 Å². The zero-order valence-corrected chi connectivity index (χ0v) is 11.8. The Morgan fingerprint density at radius 1 is 1.21 bits per heavy atom. The lowest BCUT2D eigenvalue weighted by Crippen LogP contribution is -2.61. The first-order valence-electron chi connectivity index (χ1n) is 7.07. The first-order chi connectivity index (χ1) is 9.28. The Kier molecular flexibility index (Phi) is 3.73. The molecule has 0 aromatic heterocycles. The molecule has 1 N–H and O–H groups in total. The van der Waals surface area contributed by atoms with Gasteiger partial charge in [-0.1, -0.05) is 12.1 Å². The highest BCUT2D eigenvalue weighted by molar-refractivity contribution is 5.30. The molecular weight excluding hydrogens is 238 g/mol. The van der Waals surface area contributed by atoms with Crippen LogP contribution in [0.15, 0.2) is 24.3 Å². The van der Waals surface area contributed by atoms with Gasteiger partial charge in [0.2, 0.25) is 0 Å². The third-order valence-corrected chi connectivity index (χ3v) is 4.30. The predicted octanol–water partition coefficient (Wildman–Crippen LogP) is 0.956. The fraction of sp³-hybridized carbons (Fsp3) is 0.600. The van der Waals surface area contributed by atoms with Crippen molar-refractivity contribution in [2.24, 2.45) is 0 Å². The van der Waals surface area contributed by atoms with E-state index in [1.54, 1.807) is 7.11 Å². The predicted molar refractivity (Wildman–Crippen MR) is 76.6 cm³/mol. The van der Waals surface area contributed by atoms with Gasteiger partial charge in [-0.2, -0.15) is 0 Å². The van der Waals surface area contributed by atoms with Crippen molar-refractivity contribution in [1.29, 1.82) is 0 Å². The van der Waals surface area contributed by atoms with Gasteiger partial charge in [0, 0.05) is 44.8 Å². The second-order valence-corrected chi connectivity index (χ2v) is 5.61. The molecule has 1 aromatic carbocycles. The zero-order chi connectivity index (χ0) is 13.2. The highest BCUT2D eigenvalue weighted by atomic mass is 16.5. The maximum Gasteiger partial charge on any atom is 0.118 e. The standard InChI is InChI=1S/C15H23N3O/c1-17-10-13-9-16-7-8-18(13)15(11-17)12-3-5-14(19-2)6-4-12/h3-6,13,15-16H,7-11H2,1-2H3. The van der Waals surface area contributed by atoms with E-state index in [4.69, 9.17) is 4.74 Å². The lowest BCUT2D eigenvalue weighted by molar-refractivity contribution is 0.0194. The van der Waals surface area contributed by atoms with Gasteiger partial charge >= 0.3 is 0 Å². The summed E-state index contributed by atoms with van der Waals surface area (Å²) in [5, 5.41) is 3.51. The Bertz CT molecular complexity index is 420. The van der Waals surface area contributed by atoms with E-state index in [-0.39, 0.29) is 0 Å². The van der Waals surface area contributed by atoms with Crippen LogP contribution in [0, 0.1) is 0 Å². The third kappa shape index (κ3) is 2.61. The largest absolute Gasteiger partial charge is 0.497 e. The summed E-state index contributed by atoms with van der Waals surface area (Å²) >= 11 is 0. The van der Waals surface area contributed by atoms with Crippen molar-refractivity contribution in [3.05, 3.63) is 29.8 Å². The Hall–Kier alpha value is -1.10. The van der Waals surface area contributed by atoms with Crippen molar-refractivity contribution in [2.75, 3.05) is 46.9 Å². The molecule has 0 radical (unpaired) electrons. The summed E-state index contributed by atoms with van der Waals surface area (Å²) in [6, 6.07) is 9.71. The van der Waals surface area contributed by atoms with Crippen LogP contribution in [0.1, 0.15) is 11.6 Å². The van der Waals surface area contributed by atoms with Gasteiger partial charge in [0.1, 0.15) is 5.75 Å². The molecule has 2 aliphatic heterocycles. The van der Waals surface area contributed by atoms with Gasteiger partial charge in [-0.15, -0.1) is 0 Å². The van der Waals surface area contributed by atoms with Gasteiger partial charge < -0.3 is 15.0 Å². The van der Waals surface area contributed by atoms with Crippen molar-refractivity contribution in [2.45, 2.75) is 12.1 Å². The molecule has 2 saturated heterocycles. The number of methoxy groups -OCH3 is 1. The molecule has 19 heavy (non-hydrogen) atoms. The lowest BCUT2D eigenvalue weighted by Gasteiger charge is -2.48. The Morgan fingerprint density at radius 3 is 2.74 bits per heavy atom. The number of ether oxygens (including phenoxy) is 1. The number of likely N-dealkylation sites (N-methyl/N-ethyl adjacent to an activating group) is 1. The number of hydrogen-bond acceptors (Lipinski definition) is 4. The molecule has 2 unspecified atom stereocenters. The SMILES string of the molecule is COc1ccc(C2CN(C)CC3CNCCN32)cc1. The fourth-order valence-electron chi connectivity index (χ4n) is 3.31. The molecule has 3 rings (SSSR count). The number of benzene rings is 1. The highest BCUT2D eigenvalue weighted by Crippen LogP contribution is 2.29. The molecule has 2 atom stereocenters. The molecule has 4 nitrogen and oxygen atoms in total. The Morgan fingerprint density at radius 2 is 2.00 bits per heavy atom. The van der Waals surface area contributed by atoms with Crippen LogP contribution in [-0.4, -0.2) is 62.7 Å². The minimum absolute atomic E-state index is 0.511. The number of nitrogens with one attached hydrogen (secondary N) is 1. The van der Waals surface area contributed by atoms with E-state index in [0.717, 1.165) is 31.9 Å². The Balaban J connectivity index is 1.83. The fourth-order valence-corrected chi connectivity index (χ4v) is 3.31. The second kappa shape index (κ2) is 5.49. The topological polar surface area (TPSA) is 27.7 Å². The highest BCUT2D eigenvalue weighted by Gasteiger charge is 2.35. The molecule has 0 spiro atoms. The van der Waals surface area contributed by atoms with E-state index in [9.17, 15) is 0 Å². The average molecular weight is 261 g/mol. The maximum atomic E-state index is 5.25. The summed E-state index contributed by atoms with van der Waals surface area (Å²) in [6.45, 7) is 5.64. The van der Waals surface area contributed by atoms with Crippen LogP contribution in [0.2, 0.25) is 0 Å². The summed E-state index contributed by atoms with van der Waals surface area (Å²) < 4.78 is 5.25. The van der Waals surface area contributed by atoms with Crippen molar-refractivity contribution < 1.29 is 4.74 Å². The van der Waals surface area contributed by atoms with Gasteiger partial charge in [-0.25, -0.2) is 0 Å². The summed E-state index contributed by atoms with van der Waals surface area (Å²) in [7, 11) is 3.94. The summed E-state index contributed by atoms with van der Waals surface area (Å²) in [5.41, 5.74) is 1.40. The van der Waals surface area contributed by atoms with E-state index in [2.05, 4.69) is 46.4 Å². The minimum atomic E-state index is 0.511. The van der Waals surface area contributed by atoms with Crippen LogP contribution in [0.3, 0.4) is 0 Å². The number of hydrogen-bond donors (Lipinski definition) is 1. The summed E-state index contributed by atoms with van der Waals surface area (Å²) in [6.07, 6.45) is 0. The molecule has 0 amide bonds. The zero-order valence-electron chi connectivity index (χ0n) is 11.8. The average Bonchev–Trinajstić information content (AvgIpc) is 2.46. The maximum absolute atomic E-state index is 5.25. The van der Waals surface area contributed by atoms with Crippen molar-refractivity contribution in [3.63, 3.8) is 0 Å². The van der Waals surface area contributed by atoms with Crippen LogP contribution in [0.4, 0.5) is 0 Å². The normalized spacial score (nSPS) is 28.9. The number of fused-ring (bicyclic) bond motifs is 1. The minimum Gasteiger partial charge on any atom is -0.497 e. The molecule has 2 aliphatic rings. The summed E-state index contributed by atoms with van der Waals surface area (Å²) in [4.78, 5) is 5.11. The molecule has 2 fully saturated rings. The number of nitrogens with zero attached hydrogens (tertiary/aromatic N) is 2. The van der Waals surface area contributed by atoms with Crippen LogP contribution in [0.5, 0.6) is 5.75 Å². The molecule has 0 bridgehead atoms. The van der Waals surface area contributed by atoms with Crippen molar-refractivity contribution in [3.8, 4) is 5.75 Å². The smallest absolute Gasteiger partial charge is 0.118 e. The van der Waals surface area contributed by atoms with Gasteiger partial charge in [-0.3, -0.25) is 4.90 Å². The Labute approximate surface area is 115 Å². The van der Waals surface area contributed by atoms with Crippen molar-refractivity contribution in [1.82, 2.24) is 15.1 Å². The van der Waals surface area contributed by atoms with E-state index >= 15 is 0 Å². The molecule has 1 aromatic rings. The number of rotatable bonds is 2. The molecular formula is C15H23N3O. The van der Waals surface area contributed by atoms with Gasteiger partial charge in [-0.05, 0) is 24.7 Å². The van der Waals surface area contributed by atoms with Crippen LogP contribution in [-0.2, 0) is 0 Å². The van der Waals surface area contributed by atoms with Gasteiger partial charge in [0.25, 0.3) is 0 Å².